The number of nitrogens with zero attached hydrogens (tertiary/aromatic N) is 4. The van der Waals surface area contributed by atoms with Gasteiger partial charge in [0, 0.05) is 24.6 Å². The summed E-state index contributed by atoms with van der Waals surface area (Å²) in [5.74, 6) is -0.689. The van der Waals surface area contributed by atoms with Crippen LogP contribution in [0.2, 0.25) is 0 Å². The van der Waals surface area contributed by atoms with Gasteiger partial charge in [0.25, 0.3) is 5.89 Å². The fourth-order valence-electron chi connectivity index (χ4n) is 2.82. The maximum atomic E-state index is 12.5. The highest BCUT2D eigenvalue weighted by Gasteiger charge is 2.25. The summed E-state index contributed by atoms with van der Waals surface area (Å²) in [7, 11) is 0. The fourth-order valence-corrected chi connectivity index (χ4v) is 2.82. The van der Waals surface area contributed by atoms with Crippen LogP contribution in [0.15, 0.2) is 58.0 Å². The van der Waals surface area contributed by atoms with Gasteiger partial charge in [0.15, 0.2) is 0 Å². The highest BCUT2D eigenvalue weighted by atomic mass is 16.4. The number of fused-ring (bicyclic) bond motifs is 1. The zero-order valence-corrected chi connectivity index (χ0v) is 12.8. The summed E-state index contributed by atoms with van der Waals surface area (Å²) in [4.78, 5) is 30.1. The monoisotopic (exact) mass is 322 g/mol. The van der Waals surface area contributed by atoms with E-state index in [1.165, 1.54) is 0 Å². The summed E-state index contributed by atoms with van der Waals surface area (Å²) < 4.78 is 6.17. The lowest BCUT2D eigenvalue weighted by molar-refractivity contribution is -0.119. The molecular formula is C17H14N4O3. The molecule has 1 aromatic carbocycles. The predicted molar refractivity (Wildman–Crippen MR) is 86.5 cm³/mol. The Morgan fingerprint density at radius 1 is 1.21 bits per heavy atom. The Labute approximate surface area is 137 Å². The number of hydrogen-bond donors (Lipinski definition) is 0. The molecule has 0 atom stereocenters. The zero-order chi connectivity index (χ0) is 16.5. The smallest absolute Gasteiger partial charge is 0.388 e. The topological polar surface area (TPSA) is 81.2 Å². The van der Waals surface area contributed by atoms with Gasteiger partial charge in [-0.3, -0.25) is 9.78 Å². The van der Waals surface area contributed by atoms with E-state index in [9.17, 15) is 9.59 Å². The number of carbonyl (C=O) groups excluding carboxylic acids is 1. The highest BCUT2D eigenvalue weighted by molar-refractivity contribution is 5.95. The first-order valence-electron chi connectivity index (χ1n) is 7.59. The van der Waals surface area contributed by atoms with Crippen molar-refractivity contribution in [3.05, 3.63) is 64.9 Å². The molecule has 0 saturated heterocycles. The molecule has 0 radical (unpaired) electrons. The quantitative estimate of drug-likeness (QED) is 0.730. The first-order chi connectivity index (χ1) is 11.7. The van der Waals surface area contributed by atoms with Crippen molar-refractivity contribution in [1.29, 1.82) is 0 Å². The molecule has 0 saturated carbocycles. The SMILES string of the molecule is O=C(Cn1nc(-c2cccnc2)oc1=O)N1CCc2ccccc21. The summed E-state index contributed by atoms with van der Waals surface area (Å²) in [5, 5.41) is 4.10. The summed E-state index contributed by atoms with van der Waals surface area (Å²) in [6.45, 7) is 0.456. The van der Waals surface area contributed by atoms with Crippen LogP contribution in [0, 0.1) is 0 Å². The van der Waals surface area contributed by atoms with E-state index < -0.39 is 5.76 Å². The summed E-state index contributed by atoms with van der Waals surface area (Å²) in [6.07, 6.45) is 3.98. The molecule has 3 aromatic rings. The van der Waals surface area contributed by atoms with Crippen molar-refractivity contribution in [2.75, 3.05) is 11.4 Å². The summed E-state index contributed by atoms with van der Waals surface area (Å²) in [6, 6.07) is 11.2. The maximum absolute atomic E-state index is 12.5. The molecule has 7 nitrogen and oxygen atoms in total. The van der Waals surface area contributed by atoms with Gasteiger partial charge in [-0.2, -0.15) is 4.68 Å². The molecule has 0 fully saturated rings. The zero-order valence-electron chi connectivity index (χ0n) is 12.8. The molecule has 1 aliphatic heterocycles. The first kappa shape index (κ1) is 14.4. The third kappa shape index (κ3) is 2.50. The Morgan fingerprint density at radius 3 is 2.92 bits per heavy atom. The van der Waals surface area contributed by atoms with Gasteiger partial charge in [-0.15, -0.1) is 5.10 Å². The summed E-state index contributed by atoms with van der Waals surface area (Å²) in [5.41, 5.74) is 2.62. The van der Waals surface area contributed by atoms with E-state index in [1.807, 2.05) is 24.3 Å². The Kier molecular flexibility index (Phi) is 3.45. The van der Waals surface area contributed by atoms with Crippen LogP contribution in [0.25, 0.3) is 11.5 Å². The molecule has 1 aliphatic rings. The average molecular weight is 322 g/mol. The van der Waals surface area contributed by atoms with Crippen molar-refractivity contribution in [1.82, 2.24) is 14.8 Å². The molecule has 3 heterocycles. The molecule has 2 aromatic heterocycles. The first-order valence-corrected chi connectivity index (χ1v) is 7.59. The van der Waals surface area contributed by atoms with Crippen molar-refractivity contribution in [2.45, 2.75) is 13.0 Å². The highest BCUT2D eigenvalue weighted by Crippen LogP contribution is 2.27. The van der Waals surface area contributed by atoms with Crippen LogP contribution in [0.5, 0.6) is 0 Å². The Hall–Kier alpha value is -3.22. The molecule has 0 bridgehead atoms. The largest absolute Gasteiger partial charge is 0.437 e. The van der Waals surface area contributed by atoms with Crippen molar-refractivity contribution < 1.29 is 9.21 Å². The second kappa shape index (κ2) is 5.77. The molecule has 1 amide bonds. The van der Waals surface area contributed by atoms with Crippen LogP contribution in [0.4, 0.5) is 5.69 Å². The van der Waals surface area contributed by atoms with E-state index in [4.69, 9.17) is 4.42 Å². The molecule has 24 heavy (non-hydrogen) atoms. The Balaban J connectivity index is 1.57. The van der Waals surface area contributed by atoms with Crippen LogP contribution >= 0.6 is 0 Å². The van der Waals surface area contributed by atoms with E-state index in [-0.39, 0.29) is 18.3 Å². The molecule has 0 aliphatic carbocycles. The Morgan fingerprint density at radius 2 is 2.08 bits per heavy atom. The number of pyridine rings is 1. The van der Waals surface area contributed by atoms with E-state index >= 15 is 0 Å². The summed E-state index contributed by atoms with van der Waals surface area (Å²) >= 11 is 0. The van der Waals surface area contributed by atoms with Gasteiger partial charge >= 0.3 is 5.76 Å². The van der Waals surface area contributed by atoms with Crippen LogP contribution in [0.1, 0.15) is 5.56 Å². The van der Waals surface area contributed by atoms with Crippen molar-refractivity contribution in [3.8, 4) is 11.5 Å². The molecular weight excluding hydrogens is 308 g/mol. The van der Waals surface area contributed by atoms with Gasteiger partial charge in [-0.05, 0) is 30.2 Å². The van der Waals surface area contributed by atoms with Crippen molar-refractivity contribution in [3.63, 3.8) is 0 Å². The number of carbonyl (C=O) groups is 1. The third-order valence-corrected chi connectivity index (χ3v) is 3.99. The maximum Gasteiger partial charge on any atom is 0.437 e. The van der Waals surface area contributed by atoms with Gasteiger partial charge in [0.05, 0.1) is 5.56 Å². The number of hydrogen-bond acceptors (Lipinski definition) is 5. The van der Waals surface area contributed by atoms with Gasteiger partial charge in [0.1, 0.15) is 6.54 Å². The minimum Gasteiger partial charge on any atom is -0.388 e. The minimum absolute atomic E-state index is 0.155. The second-order valence-electron chi connectivity index (χ2n) is 5.50. The normalized spacial score (nSPS) is 13.1. The van der Waals surface area contributed by atoms with Gasteiger partial charge < -0.3 is 9.32 Å². The van der Waals surface area contributed by atoms with Crippen LogP contribution in [0.3, 0.4) is 0 Å². The number of amides is 1. The predicted octanol–water partition coefficient (Wildman–Crippen LogP) is 1.49. The molecule has 0 N–H and O–H groups in total. The van der Waals surface area contributed by atoms with Gasteiger partial charge in [0.2, 0.25) is 5.91 Å². The van der Waals surface area contributed by atoms with Crippen molar-refractivity contribution in [2.24, 2.45) is 0 Å². The lowest BCUT2D eigenvalue weighted by atomic mass is 10.2. The fraction of sp³-hybridized carbons (Fsp3) is 0.176. The van der Waals surface area contributed by atoms with Gasteiger partial charge in [-0.1, -0.05) is 18.2 Å². The van der Waals surface area contributed by atoms with E-state index in [1.54, 1.807) is 29.4 Å². The lowest BCUT2D eigenvalue weighted by Crippen LogP contribution is -2.35. The number of benzene rings is 1. The van der Waals surface area contributed by atoms with Crippen LogP contribution < -0.4 is 10.7 Å². The van der Waals surface area contributed by atoms with Crippen LogP contribution in [-0.2, 0) is 17.8 Å². The average Bonchev–Trinajstić information content (AvgIpc) is 3.20. The molecule has 0 unspecified atom stereocenters. The van der Waals surface area contributed by atoms with E-state index in [0.717, 1.165) is 22.4 Å². The molecule has 0 spiro atoms. The standard InChI is InChI=1S/C17H14N4O3/c22-15(20-9-7-12-4-1-2-6-14(12)20)11-21-17(23)24-16(19-21)13-5-3-8-18-10-13/h1-6,8,10H,7,9,11H2. The van der Waals surface area contributed by atoms with Gasteiger partial charge in [-0.25, -0.2) is 4.79 Å². The van der Waals surface area contributed by atoms with Crippen LogP contribution in [-0.4, -0.2) is 27.2 Å². The van der Waals surface area contributed by atoms with E-state index in [2.05, 4.69) is 10.1 Å². The number of aromatic nitrogens is 3. The Bertz CT molecular complexity index is 946. The number of para-hydroxylation sites is 1. The lowest BCUT2D eigenvalue weighted by Gasteiger charge is -2.16. The second-order valence-corrected chi connectivity index (χ2v) is 5.50. The number of rotatable bonds is 3. The molecule has 120 valence electrons. The molecule has 4 rings (SSSR count). The minimum atomic E-state index is -0.658. The third-order valence-electron chi connectivity index (χ3n) is 3.99. The molecule has 7 heteroatoms. The van der Waals surface area contributed by atoms with E-state index in [0.29, 0.717) is 12.1 Å². The number of anilines is 1. The van der Waals surface area contributed by atoms with Crippen molar-refractivity contribution >= 4 is 11.6 Å².